The first kappa shape index (κ1) is 24.9. The third-order valence-corrected chi connectivity index (χ3v) is 6.28. The number of carbonyl (C=O) groups is 2. The van der Waals surface area contributed by atoms with Crippen LogP contribution in [0.4, 0.5) is 15.8 Å². The van der Waals surface area contributed by atoms with Gasteiger partial charge >= 0.3 is 0 Å². The van der Waals surface area contributed by atoms with E-state index in [1.54, 1.807) is 47.9 Å². The number of fused-ring (bicyclic) bond motifs is 1. The number of pyridine rings is 1. The zero-order valence-corrected chi connectivity index (χ0v) is 20.5. The largest absolute Gasteiger partial charge is 0.495 e. The number of carbonyl (C=O) groups excluding carboxylic acids is 2. The third kappa shape index (κ3) is 6.05. The molecule has 2 amide bonds. The van der Waals surface area contributed by atoms with Crippen LogP contribution < -0.4 is 20.1 Å². The Labute approximate surface area is 211 Å². The number of aromatic nitrogens is 1. The Morgan fingerprint density at radius 1 is 1.03 bits per heavy atom. The molecule has 2 N–H and O–H groups in total. The van der Waals surface area contributed by atoms with Crippen molar-refractivity contribution in [2.45, 2.75) is 19.8 Å². The van der Waals surface area contributed by atoms with E-state index in [4.69, 9.17) is 9.47 Å². The van der Waals surface area contributed by atoms with Crippen molar-refractivity contribution in [1.29, 1.82) is 0 Å². The summed E-state index contributed by atoms with van der Waals surface area (Å²) in [4.78, 5) is 30.0. The first-order valence-electron chi connectivity index (χ1n) is 11.2. The molecule has 4 rings (SSSR count). The SMILES string of the molecule is C/C=C\Cc1cc2nccc(Oc3ccc(NC(=O)CC(=O)Nc4ccccc4OC)cc3F)c2s1. The molecule has 0 atom stereocenters. The molecule has 36 heavy (non-hydrogen) atoms. The van der Waals surface area contributed by atoms with E-state index in [9.17, 15) is 14.0 Å². The zero-order valence-electron chi connectivity index (χ0n) is 19.7. The molecule has 4 aromatic rings. The van der Waals surface area contributed by atoms with Crippen LogP contribution >= 0.6 is 11.3 Å². The molecule has 2 heterocycles. The Kier molecular flexibility index (Phi) is 7.92. The van der Waals surface area contributed by atoms with E-state index < -0.39 is 24.1 Å². The maximum atomic E-state index is 14.8. The summed E-state index contributed by atoms with van der Waals surface area (Å²) in [7, 11) is 1.49. The number of benzene rings is 2. The summed E-state index contributed by atoms with van der Waals surface area (Å²) in [6.45, 7) is 1.96. The number of anilines is 2. The monoisotopic (exact) mass is 505 g/mol. The van der Waals surface area contributed by atoms with E-state index in [1.807, 2.05) is 19.1 Å². The van der Waals surface area contributed by atoms with Gasteiger partial charge in [-0.1, -0.05) is 24.3 Å². The van der Waals surface area contributed by atoms with Crippen LogP contribution in [0.2, 0.25) is 0 Å². The standard InChI is InChI=1S/C27H24FN3O4S/c1-3-4-7-18-15-21-27(36-18)24(12-13-29-21)35-22-11-10-17(14-19(22)28)30-25(32)16-26(33)31-20-8-5-6-9-23(20)34-2/h3-6,8-15H,7,16H2,1-2H3,(H,30,32)(H,31,33)/b4-3-. The third-order valence-electron chi connectivity index (χ3n) is 5.12. The van der Waals surface area contributed by atoms with Crippen molar-refractivity contribution in [3.8, 4) is 17.2 Å². The summed E-state index contributed by atoms with van der Waals surface area (Å²) in [6, 6.07) is 14.6. The minimum absolute atomic E-state index is 0.0119. The van der Waals surface area contributed by atoms with E-state index in [0.717, 1.165) is 27.6 Å². The molecule has 0 bridgehead atoms. The molecule has 0 spiro atoms. The number of amides is 2. The Bertz CT molecular complexity index is 1430. The molecule has 0 radical (unpaired) electrons. The number of halogens is 1. The topological polar surface area (TPSA) is 89.5 Å². The number of hydrogen-bond acceptors (Lipinski definition) is 6. The number of allylic oxidation sites excluding steroid dienone is 2. The summed E-state index contributed by atoms with van der Waals surface area (Å²) in [6.07, 6.45) is 6.00. The van der Waals surface area contributed by atoms with Crippen LogP contribution in [-0.2, 0) is 16.0 Å². The molecule has 2 aromatic heterocycles. The lowest BCUT2D eigenvalue weighted by Crippen LogP contribution is -2.21. The van der Waals surface area contributed by atoms with Gasteiger partial charge < -0.3 is 20.1 Å². The molecule has 7 nitrogen and oxygen atoms in total. The van der Waals surface area contributed by atoms with Gasteiger partial charge in [0.25, 0.3) is 0 Å². The van der Waals surface area contributed by atoms with Gasteiger partial charge in [0.05, 0.1) is 23.0 Å². The van der Waals surface area contributed by atoms with Gasteiger partial charge in [-0.05, 0) is 43.7 Å². The van der Waals surface area contributed by atoms with Crippen molar-refractivity contribution in [3.05, 3.63) is 83.6 Å². The van der Waals surface area contributed by atoms with E-state index in [1.165, 1.54) is 19.2 Å². The Hall–Kier alpha value is -4.24. The second-order valence-electron chi connectivity index (χ2n) is 7.73. The van der Waals surface area contributed by atoms with E-state index in [0.29, 0.717) is 17.2 Å². The quantitative estimate of drug-likeness (QED) is 0.205. The number of thiophene rings is 1. The first-order valence-corrected chi connectivity index (χ1v) is 12.0. The van der Waals surface area contributed by atoms with Gasteiger partial charge in [-0.2, -0.15) is 0 Å². The maximum Gasteiger partial charge on any atom is 0.233 e. The van der Waals surface area contributed by atoms with Crippen LogP contribution in [0.1, 0.15) is 18.2 Å². The number of ether oxygens (including phenoxy) is 2. The summed E-state index contributed by atoms with van der Waals surface area (Å²) >= 11 is 1.54. The maximum absolute atomic E-state index is 14.8. The van der Waals surface area contributed by atoms with E-state index in [2.05, 4.69) is 21.7 Å². The van der Waals surface area contributed by atoms with Crippen LogP contribution in [0.15, 0.2) is 72.9 Å². The average Bonchev–Trinajstić information content (AvgIpc) is 3.28. The Balaban J connectivity index is 1.40. The van der Waals surface area contributed by atoms with Crippen molar-refractivity contribution in [2.75, 3.05) is 17.7 Å². The molecule has 0 unspecified atom stereocenters. The summed E-state index contributed by atoms with van der Waals surface area (Å²) in [5.41, 5.74) is 1.45. The molecular weight excluding hydrogens is 481 g/mol. The fraction of sp³-hybridized carbons (Fsp3) is 0.148. The van der Waals surface area contributed by atoms with Crippen LogP contribution in [-0.4, -0.2) is 23.9 Å². The van der Waals surface area contributed by atoms with E-state index in [-0.39, 0.29) is 11.4 Å². The van der Waals surface area contributed by atoms with Gasteiger partial charge in [0.1, 0.15) is 17.9 Å². The lowest BCUT2D eigenvalue weighted by Gasteiger charge is -2.11. The number of methoxy groups -OCH3 is 1. The van der Waals surface area contributed by atoms with Gasteiger partial charge in [0.2, 0.25) is 11.8 Å². The van der Waals surface area contributed by atoms with E-state index >= 15 is 0 Å². The highest BCUT2D eigenvalue weighted by Crippen LogP contribution is 2.36. The van der Waals surface area contributed by atoms with Crippen LogP contribution in [0.3, 0.4) is 0 Å². The normalized spacial score (nSPS) is 11.0. The molecule has 0 aliphatic heterocycles. The molecule has 0 fully saturated rings. The van der Waals surface area contributed by atoms with Gasteiger partial charge in [-0.15, -0.1) is 11.3 Å². The molecule has 0 saturated heterocycles. The highest BCUT2D eigenvalue weighted by atomic mass is 32.1. The summed E-state index contributed by atoms with van der Waals surface area (Å²) in [5.74, 6) is -0.769. The Morgan fingerprint density at radius 2 is 1.83 bits per heavy atom. The van der Waals surface area contributed by atoms with Gasteiger partial charge in [-0.25, -0.2) is 4.39 Å². The van der Waals surface area contributed by atoms with Gasteiger partial charge in [0, 0.05) is 28.9 Å². The predicted molar refractivity (Wildman–Crippen MR) is 139 cm³/mol. The molecule has 9 heteroatoms. The number of hydrogen-bond donors (Lipinski definition) is 2. The highest BCUT2D eigenvalue weighted by Gasteiger charge is 2.15. The van der Waals surface area contributed by atoms with Gasteiger partial charge in [-0.3, -0.25) is 14.6 Å². The van der Waals surface area contributed by atoms with Crippen molar-refractivity contribution < 1.29 is 23.5 Å². The number of nitrogens with zero attached hydrogens (tertiary/aromatic N) is 1. The first-order chi connectivity index (χ1) is 17.5. The summed E-state index contributed by atoms with van der Waals surface area (Å²) in [5, 5.41) is 5.16. The molecular formula is C27H24FN3O4S. The lowest BCUT2D eigenvalue weighted by atomic mass is 10.2. The minimum Gasteiger partial charge on any atom is -0.495 e. The second-order valence-corrected chi connectivity index (χ2v) is 8.87. The van der Waals surface area contributed by atoms with Gasteiger partial charge in [0.15, 0.2) is 11.6 Å². The molecule has 0 saturated carbocycles. The van der Waals surface area contributed by atoms with Crippen molar-refractivity contribution >= 4 is 44.7 Å². The Morgan fingerprint density at radius 3 is 2.61 bits per heavy atom. The summed E-state index contributed by atoms with van der Waals surface area (Å²) < 4.78 is 26.7. The van der Waals surface area contributed by atoms with Crippen molar-refractivity contribution in [1.82, 2.24) is 4.98 Å². The fourth-order valence-electron chi connectivity index (χ4n) is 3.45. The minimum atomic E-state index is -0.651. The number of para-hydroxylation sites is 2. The molecule has 184 valence electrons. The number of nitrogens with one attached hydrogen (secondary N) is 2. The molecule has 0 aliphatic carbocycles. The van der Waals surface area contributed by atoms with Crippen LogP contribution in [0.25, 0.3) is 10.2 Å². The molecule has 0 aliphatic rings. The zero-order chi connectivity index (χ0) is 25.5. The fourth-order valence-corrected chi connectivity index (χ4v) is 4.49. The average molecular weight is 506 g/mol. The number of rotatable bonds is 9. The van der Waals surface area contributed by atoms with Crippen LogP contribution in [0.5, 0.6) is 17.2 Å². The van der Waals surface area contributed by atoms with Crippen molar-refractivity contribution in [2.24, 2.45) is 0 Å². The van der Waals surface area contributed by atoms with Crippen molar-refractivity contribution in [3.63, 3.8) is 0 Å². The smallest absolute Gasteiger partial charge is 0.233 e. The lowest BCUT2D eigenvalue weighted by molar-refractivity contribution is -0.123. The predicted octanol–water partition coefficient (Wildman–Crippen LogP) is 6.32. The highest BCUT2D eigenvalue weighted by molar-refractivity contribution is 7.19. The molecule has 2 aromatic carbocycles. The second kappa shape index (κ2) is 11.5. The van der Waals surface area contributed by atoms with Crippen LogP contribution in [0, 0.1) is 5.82 Å².